The van der Waals surface area contributed by atoms with E-state index in [4.69, 9.17) is 0 Å². The van der Waals surface area contributed by atoms with Crippen LogP contribution < -0.4 is 5.32 Å². The Morgan fingerprint density at radius 1 is 1.43 bits per heavy atom. The van der Waals surface area contributed by atoms with Gasteiger partial charge < -0.3 is 5.32 Å². The normalized spacial score (nSPS) is 13.1. The van der Waals surface area contributed by atoms with Gasteiger partial charge in [0.15, 0.2) is 0 Å². The van der Waals surface area contributed by atoms with E-state index in [1.165, 1.54) is 29.0 Å². The van der Waals surface area contributed by atoms with E-state index in [-0.39, 0.29) is 0 Å². The zero-order chi connectivity index (χ0) is 10.4. The molecule has 1 N–H and O–H groups in total. The van der Waals surface area contributed by atoms with Gasteiger partial charge in [0.1, 0.15) is 0 Å². The minimum absolute atomic E-state index is 0.611. The molecular weight excluding hydrogens is 190 g/mol. The molecule has 0 amide bonds. The average Bonchev–Trinajstić information content (AvgIpc) is 2.52. The summed E-state index contributed by atoms with van der Waals surface area (Å²) in [6.07, 6.45) is 3.73. The van der Waals surface area contributed by atoms with Crippen molar-refractivity contribution < 1.29 is 0 Å². The molecule has 1 unspecified atom stereocenters. The third-order valence-electron chi connectivity index (χ3n) is 2.33. The molecule has 0 saturated heterocycles. The minimum Gasteiger partial charge on any atom is -0.314 e. The summed E-state index contributed by atoms with van der Waals surface area (Å²) in [5.41, 5.74) is 0. The summed E-state index contributed by atoms with van der Waals surface area (Å²) in [5, 5.41) is 3.55. The number of unbranched alkanes of at least 4 members (excludes halogenated alkanes) is 1. The first-order chi connectivity index (χ1) is 6.72. The van der Waals surface area contributed by atoms with Crippen LogP contribution in [0.25, 0.3) is 0 Å². The number of hydrogen-bond donors (Lipinski definition) is 1. The Labute approximate surface area is 91.5 Å². The lowest BCUT2D eigenvalue weighted by molar-refractivity contribution is 0.534. The van der Waals surface area contributed by atoms with Crippen LogP contribution in [-0.2, 0) is 6.42 Å². The Kier molecular flexibility index (Phi) is 5.20. The molecule has 14 heavy (non-hydrogen) atoms. The van der Waals surface area contributed by atoms with Crippen molar-refractivity contribution in [3.8, 4) is 0 Å². The van der Waals surface area contributed by atoms with Gasteiger partial charge in [0.2, 0.25) is 0 Å². The molecule has 2 heteroatoms. The van der Waals surface area contributed by atoms with Crippen LogP contribution in [0.15, 0.2) is 12.1 Å². The van der Waals surface area contributed by atoms with E-state index in [0.717, 1.165) is 6.54 Å². The van der Waals surface area contributed by atoms with Crippen LogP contribution >= 0.6 is 11.3 Å². The smallest absolute Gasteiger partial charge is 0.00870 e. The summed E-state index contributed by atoms with van der Waals surface area (Å²) in [7, 11) is 0. The highest BCUT2D eigenvalue weighted by Crippen LogP contribution is 2.16. The van der Waals surface area contributed by atoms with Crippen molar-refractivity contribution in [2.24, 2.45) is 0 Å². The van der Waals surface area contributed by atoms with Crippen molar-refractivity contribution in [2.45, 2.75) is 46.1 Å². The second-order valence-corrected chi connectivity index (χ2v) is 5.30. The van der Waals surface area contributed by atoms with Crippen molar-refractivity contribution in [2.75, 3.05) is 6.54 Å². The van der Waals surface area contributed by atoms with Crippen LogP contribution in [0, 0.1) is 6.92 Å². The monoisotopic (exact) mass is 211 g/mol. The molecule has 0 fully saturated rings. The number of rotatable bonds is 6. The molecule has 0 aromatic carbocycles. The first-order valence-corrected chi connectivity index (χ1v) is 6.32. The fraction of sp³-hybridized carbons (Fsp3) is 0.667. The van der Waals surface area contributed by atoms with E-state index in [9.17, 15) is 0 Å². The molecular formula is C12H21NS. The van der Waals surface area contributed by atoms with Crippen molar-refractivity contribution >= 4 is 11.3 Å². The zero-order valence-electron chi connectivity index (χ0n) is 9.47. The third-order valence-corrected chi connectivity index (χ3v) is 3.35. The van der Waals surface area contributed by atoms with Gasteiger partial charge in [0.05, 0.1) is 0 Å². The summed E-state index contributed by atoms with van der Waals surface area (Å²) in [6.45, 7) is 7.82. The third kappa shape index (κ3) is 4.25. The number of hydrogen-bond acceptors (Lipinski definition) is 2. The van der Waals surface area contributed by atoms with E-state index in [0.29, 0.717) is 6.04 Å². The van der Waals surface area contributed by atoms with Crippen LogP contribution in [-0.4, -0.2) is 12.6 Å². The highest BCUT2D eigenvalue weighted by atomic mass is 32.1. The van der Waals surface area contributed by atoms with Crippen molar-refractivity contribution in [1.29, 1.82) is 0 Å². The summed E-state index contributed by atoms with van der Waals surface area (Å²) in [6, 6.07) is 5.07. The molecule has 1 nitrogen and oxygen atoms in total. The molecule has 1 atom stereocenters. The Hall–Kier alpha value is -0.340. The van der Waals surface area contributed by atoms with Crippen LogP contribution in [0.4, 0.5) is 0 Å². The first-order valence-electron chi connectivity index (χ1n) is 5.51. The Morgan fingerprint density at radius 2 is 2.21 bits per heavy atom. The SMILES string of the molecule is CCCCNC(C)Cc1ccc(C)s1. The largest absolute Gasteiger partial charge is 0.314 e. The van der Waals surface area contributed by atoms with Gasteiger partial charge in [0.25, 0.3) is 0 Å². The lowest BCUT2D eigenvalue weighted by Gasteiger charge is -2.11. The molecule has 1 aromatic heterocycles. The first kappa shape index (κ1) is 11.7. The van der Waals surface area contributed by atoms with Crippen LogP contribution in [0.2, 0.25) is 0 Å². The van der Waals surface area contributed by atoms with Gasteiger partial charge in [-0.3, -0.25) is 0 Å². The molecule has 0 spiro atoms. The number of nitrogens with one attached hydrogen (secondary N) is 1. The van der Waals surface area contributed by atoms with Crippen LogP contribution in [0.1, 0.15) is 36.4 Å². The van der Waals surface area contributed by atoms with E-state index in [2.05, 4.69) is 38.2 Å². The molecule has 0 aliphatic heterocycles. The molecule has 0 bridgehead atoms. The van der Waals surface area contributed by atoms with Gasteiger partial charge in [-0.1, -0.05) is 13.3 Å². The van der Waals surface area contributed by atoms with Gasteiger partial charge in [-0.25, -0.2) is 0 Å². The highest BCUT2D eigenvalue weighted by molar-refractivity contribution is 7.11. The zero-order valence-corrected chi connectivity index (χ0v) is 10.3. The van der Waals surface area contributed by atoms with E-state index in [1.807, 2.05) is 11.3 Å². The van der Waals surface area contributed by atoms with Crippen LogP contribution in [0.3, 0.4) is 0 Å². The fourth-order valence-electron chi connectivity index (χ4n) is 1.49. The predicted molar refractivity (Wildman–Crippen MR) is 65.1 cm³/mol. The van der Waals surface area contributed by atoms with Crippen molar-refractivity contribution in [1.82, 2.24) is 5.32 Å². The molecule has 0 aliphatic rings. The molecule has 0 saturated carbocycles. The second kappa shape index (κ2) is 6.20. The minimum atomic E-state index is 0.611. The topological polar surface area (TPSA) is 12.0 Å². The van der Waals surface area contributed by atoms with Gasteiger partial charge in [-0.05, 0) is 45.4 Å². The molecule has 0 radical (unpaired) electrons. The molecule has 1 aromatic rings. The van der Waals surface area contributed by atoms with E-state index < -0.39 is 0 Å². The van der Waals surface area contributed by atoms with Gasteiger partial charge >= 0.3 is 0 Å². The standard InChI is InChI=1S/C12H21NS/c1-4-5-8-13-10(2)9-12-7-6-11(3)14-12/h6-7,10,13H,4-5,8-9H2,1-3H3. The Balaban J connectivity index is 2.23. The summed E-state index contributed by atoms with van der Waals surface area (Å²) < 4.78 is 0. The quantitative estimate of drug-likeness (QED) is 0.711. The average molecular weight is 211 g/mol. The Bertz CT molecular complexity index is 255. The predicted octanol–water partition coefficient (Wildman–Crippen LogP) is 3.38. The van der Waals surface area contributed by atoms with E-state index >= 15 is 0 Å². The maximum atomic E-state index is 3.55. The van der Waals surface area contributed by atoms with Gasteiger partial charge in [0, 0.05) is 15.8 Å². The maximum Gasteiger partial charge on any atom is 0.00870 e. The van der Waals surface area contributed by atoms with Gasteiger partial charge in [-0.15, -0.1) is 11.3 Å². The molecule has 80 valence electrons. The lowest BCUT2D eigenvalue weighted by atomic mass is 10.2. The second-order valence-electron chi connectivity index (χ2n) is 3.93. The molecule has 1 rings (SSSR count). The van der Waals surface area contributed by atoms with Crippen LogP contribution in [0.5, 0.6) is 0 Å². The summed E-state index contributed by atoms with van der Waals surface area (Å²) >= 11 is 1.92. The van der Waals surface area contributed by atoms with E-state index in [1.54, 1.807) is 0 Å². The van der Waals surface area contributed by atoms with Crippen molar-refractivity contribution in [3.63, 3.8) is 0 Å². The van der Waals surface area contributed by atoms with Crippen molar-refractivity contribution in [3.05, 3.63) is 21.9 Å². The number of thiophene rings is 1. The maximum absolute atomic E-state index is 3.55. The fourth-order valence-corrected chi connectivity index (χ4v) is 2.51. The molecule has 0 aliphatic carbocycles. The Morgan fingerprint density at radius 3 is 2.79 bits per heavy atom. The highest BCUT2D eigenvalue weighted by Gasteiger charge is 2.03. The van der Waals surface area contributed by atoms with Gasteiger partial charge in [-0.2, -0.15) is 0 Å². The summed E-state index contributed by atoms with van der Waals surface area (Å²) in [4.78, 5) is 2.92. The number of aryl methyl sites for hydroxylation is 1. The lowest BCUT2D eigenvalue weighted by Crippen LogP contribution is -2.28. The molecule has 1 heterocycles. The summed E-state index contributed by atoms with van der Waals surface area (Å²) in [5.74, 6) is 0.